The van der Waals surface area contributed by atoms with Crippen LogP contribution >= 0.6 is 11.6 Å². The zero-order valence-corrected chi connectivity index (χ0v) is 25.3. The normalized spacial score (nSPS) is 11.4. The second kappa shape index (κ2) is 12.7. The number of carbonyl (C=O) groups excluding carboxylic acids is 1. The molecule has 0 radical (unpaired) electrons. The minimum atomic E-state index is -4.17. The quantitative estimate of drug-likeness (QED) is 0.230. The highest BCUT2D eigenvalue weighted by Crippen LogP contribution is 2.29. The van der Waals surface area contributed by atoms with E-state index in [9.17, 15) is 21.6 Å². The third kappa shape index (κ3) is 7.14. The molecule has 0 unspecified atom stereocenters. The summed E-state index contributed by atoms with van der Waals surface area (Å²) in [5.74, 6) is 0.187. The van der Waals surface area contributed by atoms with Crippen LogP contribution in [0.5, 0.6) is 11.5 Å². The Morgan fingerprint density at radius 1 is 0.810 bits per heavy atom. The lowest BCUT2D eigenvalue weighted by Crippen LogP contribution is -2.38. The van der Waals surface area contributed by atoms with Gasteiger partial charge in [0.25, 0.3) is 20.0 Å². The molecule has 13 heteroatoms. The number of hydrogen-bond donors (Lipinski definition) is 2. The third-order valence-electron chi connectivity index (χ3n) is 6.10. The highest BCUT2D eigenvalue weighted by molar-refractivity contribution is 7.93. The summed E-state index contributed by atoms with van der Waals surface area (Å²) in [6.45, 7) is 1.26. The van der Waals surface area contributed by atoms with Gasteiger partial charge in [-0.3, -0.25) is 13.8 Å². The molecule has 10 nitrogen and oxygen atoms in total. The Kier molecular flexibility index (Phi) is 9.30. The summed E-state index contributed by atoms with van der Waals surface area (Å²) in [6.07, 6.45) is 0. The van der Waals surface area contributed by atoms with Gasteiger partial charge in [-0.1, -0.05) is 17.7 Å². The van der Waals surface area contributed by atoms with E-state index in [2.05, 4.69) is 10.0 Å². The molecule has 0 saturated carbocycles. The van der Waals surface area contributed by atoms with E-state index in [4.69, 9.17) is 21.1 Å². The first-order valence-electron chi connectivity index (χ1n) is 12.4. The van der Waals surface area contributed by atoms with E-state index in [-0.39, 0.29) is 26.9 Å². The van der Waals surface area contributed by atoms with Crippen LogP contribution in [0.4, 0.5) is 17.1 Å². The van der Waals surface area contributed by atoms with E-state index in [1.807, 2.05) is 6.92 Å². The summed E-state index contributed by atoms with van der Waals surface area (Å²) in [4.78, 5) is 13.0. The number of aryl methyl sites for hydroxylation is 1. The van der Waals surface area contributed by atoms with Crippen molar-refractivity contribution < 1.29 is 31.1 Å². The Hall–Kier alpha value is -4.26. The summed E-state index contributed by atoms with van der Waals surface area (Å²) in [5, 5.41) is 3.02. The van der Waals surface area contributed by atoms with E-state index in [0.29, 0.717) is 16.5 Å². The fourth-order valence-corrected chi connectivity index (χ4v) is 6.56. The maximum Gasteiger partial charge on any atom is 0.264 e. The second-order valence-electron chi connectivity index (χ2n) is 9.05. The molecule has 220 valence electrons. The number of nitrogens with one attached hydrogen (secondary N) is 2. The topological polar surface area (TPSA) is 131 Å². The van der Waals surface area contributed by atoms with E-state index in [0.717, 1.165) is 9.87 Å². The molecule has 0 aliphatic rings. The molecule has 0 spiro atoms. The number of halogens is 1. The molecule has 0 bridgehead atoms. The van der Waals surface area contributed by atoms with Crippen LogP contribution in [0.15, 0.2) is 101 Å². The molecule has 42 heavy (non-hydrogen) atoms. The Morgan fingerprint density at radius 3 is 2.02 bits per heavy atom. The first-order chi connectivity index (χ1) is 19.9. The number of benzene rings is 4. The zero-order chi connectivity index (χ0) is 30.5. The van der Waals surface area contributed by atoms with Gasteiger partial charge in [0.05, 0.1) is 35.4 Å². The van der Waals surface area contributed by atoms with Gasteiger partial charge in [0.1, 0.15) is 18.0 Å². The summed E-state index contributed by atoms with van der Waals surface area (Å²) in [6, 6.07) is 22.4. The summed E-state index contributed by atoms with van der Waals surface area (Å²) >= 11 is 5.99. The Bertz CT molecular complexity index is 1780. The SMILES string of the molecule is COc1ccc(S(=O)(=O)N(CC(=O)Nc2ccc(S(=O)(=O)Nc3cc(C)ccc3OC)cc2)c2ccc(Cl)cc2)cc1. The smallest absolute Gasteiger partial charge is 0.264 e. The third-order valence-corrected chi connectivity index (χ3v) is 9.52. The Morgan fingerprint density at radius 2 is 1.43 bits per heavy atom. The van der Waals surface area contributed by atoms with Gasteiger partial charge in [0, 0.05) is 10.7 Å². The van der Waals surface area contributed by atoms with Crippen molar-refractivity contribution in [1.82, 2.24) is 0 Å². The molecular weight excluding hydrogens is 602 g/mol. The van der Waals surface area contributed by atoms with Crippen molar-refractivity contribution in [2.24, 2.45) is 0 Å². The number of methoxy groups -OCH3 is 2. The van der Waals surface area contributed by atoms with Crippen LogP contribution in [-0.4, -0.2) is 43.5 Å². The average Bonchev–Trinajstić information content (AvgIpc) is 2.96. The molecule has 2 N–H and O–H groups in total. The van der Waals surface area contributed by atoms with Gasteiger partial charge < -0.3 is 14.8 Å². The van der Waals surface area contributed by atoms with Crippen LogP contribution in [0.25, 0.3) is 0 Å². The molecule has 4 rings (SSSR count). The lowest BCUT2D eigenvalue weighted by atomic mass is 10.2. The first-order valence-corrected chi connectivity index (χ1v) is 15.7. The van der Waals surface area contributed by atoms with Gasteiger partial charge in [-0.05, 0) is 97.4 Å². The number of carbonyl (C=O) groups is 1. The van der Waals surface area contributed by atoms with Gasteiger partial charge in [0.15, 0.2) is 0 Å². The second-order valence-corrected chi connectivity index (χ2v) is 13.0. The van der Waals surface area contributed by atoms with Crippen LogP contribution in [0.3, 0.4) is 0 Å². The number of hydrogen-bond acceptors (Lipinski definition) is 7. The number of sulfonamides is 2. The molecule has 0 aliphatic carbocycles. The minimum Gasteiger partial charge on any atom is -0.497 e. The number of amides is 1. The number of nitrogens with zero attached hydrogens (tertiary/aromatic N) is 1. The molecule has 4 aromatic rings. The molecule has 1 amide bonds. The van der Waals surface area contributed by atoms with Crippen molar-refractivity contribution in [3.05, 3.63) is 102 Å². The Labute approximate surface area is 250 Å². The van der Waals surface area contributed by atoms with Crippen LogP contribution in [-0.2, 0) is 24.8 Å². The lowest BCUT2D eigenvalue weighted by molar-refractivity contribution is -0.114. The summed E-state index contributed by atoms with van der Waals surface area (Å²) in [5.41, 5.74) is 1.62. The number of anilines is 3. The zero-order valence-electron chi connectivity index (χ0n) is 22.9. The predicted octanol–water partition coefficient (Wildman–Crippen LogP) is 5.30. The molecule has 0 atom stereocenters. The predicted molar refractivity (Wildman–Crippen MR) is 163 cm³/mol. The highest BCUT2D eigenvalue weighted by atomic mass is 35.5. The van der Waals surface area contributed by atoms with Crippen LogP contribution in [0.2, 0.25) is 5.02 Å². The van der Waals surface area contributed by atoms with Crippen molar-refractivity contribution in [2.45, 2.75) is 16.7 Å². The van der Waals surface area contributed by atoms with Crippen molar-refractivity contribution in [2.75, 3.05) is 35.1 Å². The van der Waals surface area contributed by atoms with Gasteiger partial charge >= 0.3 is 0 Å². The highest BCUT2D eigenvalue weighted by Gasteiger charge is 2.27. The van der Waals surface area contributed by atoms with Crippen LogP contribution in [0, 0.1) is 6.92 Å². The fraction of sp³-hybridized carbons (Fsp3) is 0.138. The molecular formula is C29H28ClN3O7S2. The largest absolute Gasteiger partial charge is 0.497 e. The van der Waals surface area contributed by atoms with Crippen molar-refractivity contribution in [3.63, 3.8) is 0 Å². The number of rotatable bonds is 11. The van der Waals surface area contributed by atoms with Crippen LogP contribution < -0.4 is 23.8 Å². The summed E-state index contributed by atoms with van der Waals surface area (Å²) in [7, 11) is -5.23. The van der Waals surface area contributed by atoms with Crippen molar-refractivity contribution in [3.8, 4) is 11.5 Å². The molecule has 0 aliphatic heterocycles. The number of ether oxygens (including phenoxy) is 2. The maximum atomic E-state index is 13.6. The standard InChI is InChI=1S/C29H28ClN3O7S2/c1-20-4-17-28(40-3)27(18-20)32-41(35,36)25-13-7-22(8-14-25)31-29(34)19-33(23-9-5-21(30)6-10-23)42(37,38)26-15-11-24(39-2)12-16-26/h4-18,32H,19H2,1-3H3,(H,31,34). The molecule has 0 fully saturated rings. The van der Waals surface area contributed by atoms with E-state index >= 15 is 0 Å². The van der Waals surface area contributed by atoms with Crippen LogP contribution in [0.1, 0.15) is 5.56 Å². The average molecular weight is 630 g/mol. The molecule has 0 heterocycles. The first kappa shape index (κ1) is 30.7. The summed E-state index contributed by atoms with van der Waals surface area (Å²) < 4.78 is 66.9. The minimum absolute atomic E-state index is 0.0432. The van der Waals surface area contributed by atoms with Gasteiger partial charge in [-0.15, -0.1) is 0 Å². The van der Waals surface area contributed by atoms with Gasteiger partial charge in [-0.25, -0.2) is 16.8 Å². The van der Waals surface area contributed by atoms with E-state index < -0.39 is 32.5 Å². The van der Waals surface area contributed by atoms with Crippen molar-refractivity contribution in [1.29, 1.82) is 0 Å². The van der Waals surface area contributed by atoms with Gasteiger partial charge in [0.2, 0.25) is 5.91 Å². The molecule has 0 saturated heterocycles. The molecule has 0 aromatic heterocycles. The van der Waals surface area contributed by atoms with E-state index in [1.54, 1.807) is 18.2 Å². The van der Waals surface area contributed by atoms with Crippen molar-refractivity contribution >= 4 is 54.6 Å². The monoisotopic (exact) mass is 629 g/mol. The molecule has 4 aromatic carbocycles. The fourth-order valence-electron chi connectivity index (χ4n) is 3.95. The Balaban J connectivity index is 1.53. The van der Waals surface area contributed by atoms with Gasteiger partial charge in [-0.2, -0.15) is 0 Å². The lowest BCUT2D eigenvalue weighted by Gasteiger charge is -2.24. The maximum absolute atomic E-state index is 13.6. The van der Waals surface area contributed by atoms with E-state index in [1.165, 1.54) is 87.0 Å².